The van der Waals surface area contributed by atoms with Crippen molar-refractivity contribution >= 4 is 0 Å². The second-order valence-corrected chi connectivity index (χ2v) is 3.94. The van der Waals surface area contributed by atoms with Gasteiger partial charge >= 0.3 is 0 Å². The van der Waals surface area contributed by atoms with Gasteiger partial charge in [-0.25, -0.2) is 4.68 Å². The van der Waals surface area contributed by atoms with Crippen LogP contribution in [0.25, 0.3) is 0 Å². The number of hydrogen-bond acceptors (Lipinski definition) is 3. The Morgan fingerprint density at radius 2 is 2.14 bits per heavy atom. The summed E-state index contributed by atoms with van der Waals surface area (Å²) in [7, 11) is 0. The summed E-state index contributed by atoms with van der Waals surface area (Å²) in [5.41, 5.74) is 7.77. The lowest BCUT2D eigenvalue weighted by Crippen LogP contribution is -2.07. The third-order valence-corrected chi connectivity index (χ3v) is 2.37. The lowest BCUT2D eigenvalue weighted by molar-refractivity contribution is 0.541. The molecule has 0 atom stereocenters. The molecule has 0 unspecified atom stereocenters. The van der Waals surface area contributed by atoms with Crippen LogP contribution in [0.4, 0.5) is 0 Å². The summed E-state index contributed by atoms with van der Waals surface area (Å²) < 4.78 is 1.95. The van der Waals surface area contributed by atoms with Crippen molar-refractivity contribution in [1.29, 1.82) is 0 Å². The molecule has 1 aromatic rings. The normalized spacial score (nSPS) is 11.2. The summed E-state index contributed by atoms with van der Waals surface area (Å²) in [5, 5.41) is 8.14. The summed E-state index contributed by atoms with van der Waals surface area (Å²) in [6, 6.07) is 0. The van der Waals surface area contributed by atoms with Gasteiger partial charge in [-0.1, -0.05) is 19.1 Å². The molecule has 0 saturated heterocycles. The van der Waals surface area contributed by atoms with E-state index in [0.29, 0.717) is 12.5 Å². The highest BCUT2D eigenvalue weighted by atomic mass is 15.4. The summed E-state index contributed by atoms with van der Waals surface area (Å²) in [5.74, 6) is 0.709. The second-order valence-electron chi connectivity index (χ2n) is 3.94. The van der Waals surface area contributed by atoms with Crippen molar-refractivity contribution < 1.29 is 0 Å². The van der Waals surface area contributed by atoms with Crippen molar-refractivity contribution in [3.05, 3.63) is 11.4 Å². The van der Waals surface area contributed by atoms with Crippen LogP contribution in [-0.4, -0.2) is 15.0 Å². The van der Waals surface area contributed by atoms with E-state index in [1.54, 1.807) is 0 Å². The minimum Gasteiger partial charge on any atom is -0.325 e. The van der Waals surface area contributed by atoms with Crippen molar-refractivity contribution in [2.45, 2.75) is 46.7 Å². The molecule has 0 amide bonds. The molecule has 0 aliphatic heterocycles. The molecule has 0 aliphatic carbocycles. The summed E-state index contributed by atoms with van der Waals surface area (Å²) >= 11 is 0. The summed E-state index contributed by atoms with van der Waals surface area (Å²) in [4.78, 5) is 0. The number of rotatable bonds is 5. The topological polar surface area (TPSA) is 56.7 Å². The van der Waals surface area contributed by atoms with E-state index in [9.17, 15) is 0 Å². The van der Waals surface area contributed by atoms with Crippen LogP contribution in [-0.2, 0) is 19.5 Å². The Balaban J connectivity index is 2.75. The Labute approximate surface area is 85.5 Å². The molecule has 4 heteroatoms. The largest absolute Gasteiger partial charge is 0.325 e. The van der Waals surface area contributed by atoms with Crippen molar-refractivity contribution in [2.75, 3.05) is 0 Å². The number of aryl methyl sites for hydroxylation is 1. The first-order valence-electron chi connectivity index (χ1n) is 5.30. The fourth-order valence-corrected chi connectivity index (χ4v) is 1.48. The van der Waals surface area contributed by atoms with E-state index in [-0.39, 0.29) is 0 Å². The van der Waals surface area contributed by atoms with Gasteiger partial charge in [0.15, 0.2) is 0 Å². The van der Waals surface area contributed by atoms with Crippen LogP contribution in [0.1, 0.15) is 38.6 Å². The Morgan fingerprint density at radius 1 is 1.43 bits per heavy atom. The molecule has 2 N–H and O–H groups in total. The van der Waals surface area contributed by atoms with Gasteiger partial charge in [-0.15, -0.1) is 5.10 Å². The van der Waals surface area contributed by atoms with Crippen molar-refractivity contribution in [2.24, 2.45) is 11.7 Å². The molecule has 4 nitrogen and oxygen atoms in total. The highest BCUT2D eigenvalue weighted by Crippen LogP contribution is 2.11. The zero-order valence-corrected chi connectivity index (χ0v) is 9.32. The van der Waals surface area contributed by atoms with Gasteiger partial charge in [-0.3, -0.25) is 0 Å². The van der Waals surface area contributed by atoms with Crippen LogP contribution >= 0.6 is 0 Å². The van der Waals surface area contributed by atoms with Gasteiger partial charge in [0.2, 0.25) is 0 Å². The standard InChI is InChI=1S/C10H20N4/c1-4-14-10(6-5-8(2)3)9(7-11)12-13-14/h8H,4-7,11H2,1-3H3. The molecule has 0 aliphatic rings. The first kappa shape index (κ1) is 11.2. The van der Waals surface area contributed by atoms with Crippen LogP contribution in [0.15, 0.2) is 0 Å². The molecule has 0 aromatic carbocycles. The monoisotopic (exact) mass is 196 g/mol. The van der Waals surface area contributed by atoms with E-state index in [1.807, 2.05) is 4.68 Å². The molecule has 0 saturated carbocycles. The molecule has 0 fully saturated rings. The van der Waals surface area contributed by atoms with Gasteiger partial charge in [0.05, 0.1) is 11.4 Å². The maximum Gasteiger partial charge on any atom is 0.0994 e. The van der Waals surface area contributed by atoms with Crippen LogP contribution in [0, 0.1) is 5.92 Å². The number of aromatic nitrogens is 3. The maximum absolute atomic E-state index is 5.61. The van der Waals surface area contributed by atoms with E-state index in [1.165, 1.54) is 12.1 Å². The zero-order valence-electron chi connectivity index (χ0n) is 9.32. The Bertz CT molecular complexity index is 256. The smallest absolute Gasteiger partial charge is 0.0994 e. The predicted molar refractivity (Wildman–Crippen MR) is 56.7 cm³/mol. The first-order valence-corrected chi connectivity index (χ1v) is 5.30. The third-order valence-electron chi connectivity index (χ3n) is 2.37. The molecular formula is C10H20N4. The zero-order chi connectivity index (χ0) is 10.6. The van der Waals surface area contributed by atoms with Gasteiger partial charge in [-0.05, 0) is 25.7 Å². The minimum atomic E-state index is 0.493. The van der Waals surface area contributed by atoms with Crippen LogP contribution in [0.3, 0.4) is 0 Å². The van der Waals surface area contributed by atoms with Crippen molar-refractivity contribution in [1.82, 2.24) is 15.0 Å². The van der Waals surface area contributed by atoms with Gasteiger partial charge in [0.1, 0.15) is 0 Å². The van der Waals surface area contributed by atoms with E-state index in [2.05, 4.69) is 31.1 Å². The molecule has 1 rings (SSSR count). The minimum absolute atomic E-state index is 0.493. The van der Waals surface area contributed by atoms with E-state index < -0.39 is 0 Å². The molecular weight excluding hydrogens is 176 g/mol. The van der Waals surface area contributed by atoms with Crippen molar-refractivity contribution in [3.8, 4) is 0 Å². The molecule has 0 radical (unpaired) electrons. The Morgan fingerprint density at radius 3 is 2.64 bits per heavy atom. The maximum atomic E-state index is 5.61. The van der Waals surface area contributed by atoms with Gasteiger partial charge in [-0.2, -0.15) is 0 Å². The van der Waals surface area contributed by atoms with E-state index >= 15 is 0 Å². The SMILES string of the molecule is CCn1nnc(CN)c1CCC(C)C. The number of nitrogens with zero attached hydrogens (tertiary/aromatic N) is 3. The van der Waals surface area contributed by atoms with Gasteiger partial charge in [0.25, 0.3) is 0 Å². The number of nitrogens with two attached hydrogens (primary N) is 1. The Kier molecular flexibility index (Phi) is 4.07. The third kappa shape index (κ3) is 2.54. The van der Waals surface area contributed by atoms with Gasteiger partial charge < -0.3 is 5.73 Å². The fraction of sp³-hybridized carbons (Fsp3) is 0.800. The molecule has 0 spiro atoms. The second kappa shape index (κ2) is 5.10. The first-order chi connectivity index (χ1) is 6.69. The average Bonchev–Trinajstić information content (AvgIpc) is 2.56. The van der Waals surface area contributed by atoms with Crippen molar-refractivity contribution in [3.63, 3.8) is 0 Å². The fourth-order valence-electron chi connectivity index (χ4n) is 1.48. The lowest BCUT2D eigenvalue weighted by atomic mass is 10.1. The van der Waals surface area contributed by atoms with Gasteiger partial charge in [0, 0.05) is 13.1 Å². The predicted octanol–water partition coefficient (Wildman–Crippen LogP) is 1.35. The van der Waals surface area contributed by atoms with E-state index in [4.69, 9.17) is 5.73 Å². The highest BCUT2D eigenvalue weighted by molar-refractivity contribution is 5.10. The highest BCUT2D eigenvalue weighted by Gasteiger charge is 2.10. The van der Waals surface area contributed by atoms with Crippen LogP contribution in [0.2, 0.25) is 0 Å². The Hall–Kier alpha value is -0.900. The average molecular weight is 196 g/mol. The van der Waals surface area contributed by atoms with Crippen LogP contribution < -0.4 is 5.73 Å². The number of hydrogen-bond donors (Lipinski definition) is 1. The lowest BCUT2D eigenvalue weighted by Gasteiger charge is -2.07. The molecule has 0 bridgehead atoms. The van der Waals surface area contributed by atoms with Crippen LogP contribution in [0.5, 0.6) is 0 Å². The summed E-state index contributed by atoms with van der Waals surface area (Å²) in [6.07, 6.45) is 2.20. The molecule has 1 heterocycles. The molecule has 1 aromatic heterocycles. The van der Waals surface area contributed by atoms with E-state index in [0.717, 1.165) is 18.7 Å². The summed E-state index contributed by atoms with van der Waals surface area (Å²) in [6.45, 7) is 7.89. The molecule has 80 valence electrons. The quantitative estimate of drug-likeness (QED) is 0.773. The molecule has 14 heavy (non-hydrogen) atoms.